The average molecular weight is 364 g/mol. The first-order valence-electron chi connectivity index (χ1n) is 8.50. The van der Waals surface area contributed by atoms with Crippen molar-refractivity contribution in [1.82, 2.24) is 0 Å². The van der Waals surface area contributed by atoms with Crippen molar-refractivity contribution in [1.29, 1.82) is 0 Å². The highest BCUT2D eigenvalue weighted by Crippen LogP contribution is 2.23. The molecule has 0 atom stereocenters. The van der Waals surface area contributed by atoms with E-state index in [1.807, 2.05) is 31.2 Å². The topological polar surface area (TPSA) is 65.7 Å². The molecule has 0 radical (unpaired) electrons. The molecule has 0 N–H and O–H groups in total. The largest absolute Gasteiger partial charge is 0.489 e. The predicted octanol–water partition coefficient (Wildman–Crippen LogP) is 4.41. The normalized spacial score (nSPS) is 10.6. The number of ether oxygens (including phenoxy) is 2. The predicted molar refractivity (Wildman–Crippen MR) is 103 cm³/mol. The monoisotopic (exact) mass is 364 g/mol. The van der Waals surface area contributed by atoms with Crippen molar-refractivity contribution in [2.45, 2.75) is 20.5 Å². The number of fused-ring (bicyclic) bond motifs is 1. The summed E-state index contributed by atoms with van der Waals surface area (Å²) in [6, 6.07) is 13.9. The van der Waals surface area contributed by atoms with Crippen LogP contribution in [0.1, 0.15) is 28.4 Å². The Bertz CT molecular complexity index is 1040. The standard InChI is InChI=1S/C22H20O5/c1-14(2)12-26-22(24)17-6-4-16(5-7-17)13-25-18-8-9-19-15(3)10-21(23)27-20(19)11-18/h4-11H,1,12-13H2,2-3H3. The molecule has 0 saturated heterocycles. The summed E-state index contributed by atoms with van der Waals surface area (Å²) < 4.78 is 16.1. The maximum atomic E-state index is 11.9. The van der Waals surface area contributed by atoms with Gasteiger partial charge in [0, 0.05) is 17.5 Å². The zero-order valence-corrected chi connectivity index (χ0v) is 15.3. The molecule has 0 aliphatic rings. The van der Waals surface area contributed by atoms with Crippen LogP contribution < -0.4 is 10.4 Å². The first-order valence-corrected chi connectivity index (χ1v) is 8.50. The van der Waals surface area contributed by atoms with Crippen LogP contribution in [0.25, 0.3) is 11.0 Å². The summed E-state index contributed by atoms with van der Waals surface area (Å²) in [5.74, 6) is 0.214. The maximum Gasteiger partial charge on any atom is 0.338 e. The summed E-state index contributed by atoms with van der Waals surface area (Å²) in [6.07, 6.45) is 0. The van der Waals surface area contributed by atoms with E-state index in [1.165, 1.54) is 6.07 Å². The number of benzene rings is 2. The second-order valence-electron chi connectivity index (χ2n) is 6.43. The molecule has 0 amide bonds. The fraction of sp³-hybridized carbons (Fsp3) is 0.182. The zero-order valence-electron chi connectivity index (χ0n) is 15.3. The van der Waals surface area contributed by atoms with Gasteiger partial charge in [0.1, 0.15) is 24.5 Å². The minimum absolute atomic E-state index is 0.210. The van der Waals surface area contributed by atoms with Crippen molar-refractivity contribution < 1.29 is 18.7 Å². The molecule has 0 fully saturated rings. The van der Waals surface area contributed by atoms with Crippen molar-refractivity contribution >= 4 is 16.9 Å². The number of aryl methyl sites for hydroxylation is 1. The molecule has 27 heavy (non-hydrogen) atoms. The second kappa shape index (κ2) is 7.91. The van der Waals surface area contributed by atoms with Gasteiger partial charge in [-0.15, -0.1) is 0 Å². The molecule has 0 unspecified atom stereocenters. The molecule has 5 nitrogen and oxygen atoms in total. The first-order chi connectivity index (χ1) is 12.9. The number of carbonyl (C=O) groups is 1. The zero-order chi connectivity index (χ0) is 19.4. The first kappa shape index (κ1) is 18.5. The summed E-state index contributed by atoms with van der Waals surface area (Å²) in [4.78, 5) is 23.4. The van der Waals surface area contributed by atoms with Gasteiger partial charge in [0.15, 0.2) is 0 Å². The van der Waals surface area contributed by atoms with Crippen molar-refractivity contribution in [3.05, 3.63) is 87.8 Å². The maximum absolute atomic E-state index is 11.9. The molecular weight excluding hydrogens is 344 g/mol. The number of carbonyl (C=O) groups excluding carboxylic acids is 1. The van der Waals surface area contributed by atoms with E-state index in [4.69, 9.17) is 13.9 Å². The minimum Gasteiger partial charge on any atom is -0.489 e. The Hall–Kier alpha value is -3.34. The Balaban J connectivity index is 1.66. The third kappa shape index (κ3) is 4.64. The van der Waals surface area contributed by atoms with Crippen LogP contribution in [-0.4, -0.2) is 12.6 Å². The van der Waals surface area contributed by atoms with Crippen LogP contribution in [0.3, 0.4) is 0 Å². The molecule has 5 heteroatoms. The summed E-state index contributed by atoms with van der Waals surface area (Å²) in [7, 11) is 0. The molecule has 0 aliphatic carbocycles. The van der Waals surface area contributed by atoms with Crippen LogP contribution in [-0.2, 0) is 11.3 Å². The van der Waals surface area contributed by atoms with Crippen molar-refractivity contribution in [3.63, 3.8) is 0 Å². The van der Waals surface area contributed by atoms with Gasteiger partial charge in [-0.2, -0.15) is 0 Å². The summed E-state index contributed by atoms with van der Waals surface area (Å²) in [5, 5.41) is 0.875. The molecule has 3 aromatic rings. The van der Waals surface area contributed by atoms with E-state index >= 15 is 0 Å². The molecular formula is C22H20O5. The number of esters is 1. The average Bonchev–Trinajstić information content (AvgIpc) is 2.64. The molecule has 0 aliphatic heterocycles. The summed E-state index contributed by atoms with van der Waals surface area (Å²) >= 11 is 0. The van der Waals surface area contributed by atoms with Gasteiger partial charge in [-0.05, 0) is 54.8 Å². The Morgan fingerprint density at radius 1 is 1.11 bits per heavy atom. The molecule has 3 rings (SSSR count). The summed E-state index contributed by atoms with van der Waals surface area (Å²) in [5.41, 5.74) is 3.14. The Kier molecular flexibility index (Phi) is 5.41. The lowest BCUT2D eigenvalue weighted by Gasteiger charge is -2.09. The lowest BCUT2D eigenvalue weighted by molar-refractivity contribution is 0.0540. The van der Waals surface area contributed by atoms with Crippen LogP contribution in [0, 0.1) is 6.92 Å². The van der Waals surface area contributed by atoms with E-state index < -0.39 is 0 Å². The van der Waals surface area contributed by atoms with Gasteiger partial charge in [0.25, 0.3) is 0 Å². The van der Waals surface area contributed by atoms with Crippen LogP contribution >= 0.6 is 0 Å². The van der Waals surface area contributed by atoms with Gasteiger partial charge in [-0.1, -0.05) is 18.7 Å². The third-order valence-corrected chi connectivity index (χ3v) is 3.97. The van der Waals surface area contributed by atoms with Gasteiger partial charge in [0.2, 0.25) is 0 Å². The molecule has 0 spiro atoms. The van der Waals surface area contributed by atoms with Crippen LogP contribution in [0.5, 0.6) is 5.75 Å². The number of hydrogen-bond donors (Lipinski definition) is 0. The van der Waals surface area contributed by atoms with Crippen molar-refractivity contribution in [2.24, 2.45) is 0 Å². The molecule has 1 aromatic heterocycles. The molecule has 138 valence electrons. The van der Waals surface area contributed by atoms with E-state index in [0.29, 0.717) is 23.5 Å². The van der Waals surface area contributed by atoms with Crippen molar-refractivity contribution in [2.75, 3.05) is 6.61 Å². The fourth-order valence-electron chi connectivity index (χ4n) is 2.57. The highest BCUT2D eigenvalue weighted by Gasteiger charge is 2.08. The van der Waals surface area contributed by atoms with E-state index in [1.54, 1.807) is 25.1 Å². The van der Waals surface area contributed by atoms with E-state index in [9.17, 15) is 9.59 Å². The van der Waals surface area contributed by atoms with E-state index in [-0.39, 0.29) is 18.2 Å². The summed E-state index contributed by atoms with van der Waals surface area (Å²) in [6.45, 7) is 7.89. The van der Waals surface area contributed by atoms with E-state index in [0.717, 1.165) is 22.1 Å². The lowest BCUT2D eigenvalue weighted by atomic mass is 10.1. The Morgan fingerprint density at radius 3 is 2.56 bits per heavy atom. The SMILES string of the molecule is C=C(C)COC(=O)c1ccc(COc2ccc3c(C)cc(=O)oc3c2)cc1. The highest BCUT2D eigenvalue weighted by atomic mass is 16.5. The molecule has 1 heterocycles. The Labute approximate surface area is 156 Å². The molecule has 2 aromatic carbocycles. The van der Waals surface area contributed by atoms with Crippen LogP contribution in [0.2, 0.25) is 0 Å². The number of hydrogen-bond acceptors (Lipinski definition) is 5. The highest BCUT2D eigenvalue weighted by molar-refractivity contribution is 5.89. The van der Waals surface area contributed by atoms with Gasteiger partial charge >= 0.3 is 11.6 Å². The molecule has 0 bridgehead atoms. The second-order valence-corrected chi connectivity index (χ2v) is 6.43. The van der Waals surface area contributed by atoms with Crippen LogP contribution in [0.4, 0.5) is 0 Å². The minimum atomic E-state index is -0.384. The Morgan fingerprint density at radius 2 is 1.85 bits per heavy atom. The smallest absolute Gasteiger partial charge is 0.338 e. The van der Waals surface area contributed by atoms with Gasteiger partial charge < -0.3 is 13.9 Å². The van der Waals surface area contributed by atoms with Gasteiger partial charge in [-0.25, -0.2) is 9.59 Å². The van der Waals surface area contributed by atoms with Crippen LogP contribution in [0.15, 0.2) is 69.9 Å². The van der Waals surface area contributed by atoms with Crippen molar-refractivity contribution in [3.8, 4) is 5.75 Å². The molecule has 0 saturated carbocycles. The fourth-order valence-corrected chi connectivity index (χ4v) is 2.57. The number of rotatable bonds is 6. The lowest BCUT2D eigenvalue weighted by Crippen LogP contribution is -2.07. The van der Waals surface area contributed by atoms with E-state index in [2.05, 4.69) is 6.58 Å². The quantitative estimate of drug-likeness (QED) is 0.368. The third-order valence-electron chi connectivity index (χ3n) is 3.97. The van der Waals surface area contributed by atoms with Gasteiger partial charge in [0.05, 0.1) is 5.56 Å². The van der Waals surface area contributed by atoms with Gasteiger partial charge in [-0.3, -0.25) is 0 Å².